The Kier molecular flexibility index (Phi) is 5.41. The number of piperazine rings is 1. The van der Waals surface area contributed by atoms with Gasteiger partial charge in [-0.15, -0.1) is 0 Å². The number of hydrogen-bond donors (Lipinski definition) is 0. The van der Waals surface area contributed by atoms with Gasteiger partial charge in [-0.25, -0.2) is 0 Å². The second kappa shape index (κ2) is 7.53. The van der Waals surface area contributed by atoms with E-state index in [1.54, 1.807) is 21.9 Å². The van der Waals surface area contributed by atoms with Gasteiger partial charge in [0.25, 0.3) is 0 Å². The predicted molar refractivity (Wildman–Crippen MR) is 95.3 cm³/mol. The average Bonchev–Trinajstić information content (AvgIpc) is 2.58. The van der Waals surface area contributed by atoms with Gasteiger partial charge in [0.15, 0.2) is 0 Å². The van der Waals surface area contributed by atoms with Crippen molar-refractivity contribution >= 4 is 29.1 Å². The lowest BCUT2D eigenvalue weighted by Gasteiger charge is -2.40. The topological polar surface area (TPSA) is 43.9 Å². The molecule has 130 valence electrons. The molecule has 2 aliphatic heterocycles. The predicted octanol–water partition coefficient (Wildman–Crippen LogP) is 2.39. The molecule has 5 nitrogen and oxygen atoms in total. The fourth-order valence-corrected chi connectivity index (χ4v) is 3.58. The van der Waals surface area contributed by atoms with E-state index >= 15 is 0 Å². The van der Waals surface area contributed by atoms with Crippen LogP contribution in [0.1, 0.15) is 26.2 Å². The largest absolute Gasteiger partial charge is 0.328 e. The first-order valence-electron chi connectivity index (χ1n) is 8.62. The van der Waals surface area contributed by atoms with Crippen molar-refractivity contribution in [2.45, 2.75) is 32.2 Å². The molecule has 0 N–H and O–H groups in total. The van der Waals surface area contributed by atoms with Crippen LogP contribution in [0.15, 0.2) is 24.3 Å². The smallest absolute Gasteiger partial charge is 0.246 e. The van der Waals surface area contributed by atoms with Crippen molar-refractivity contribution in [3.8, 4) is 0 Å². The molecule has 2 saturated heterocycles. The fourth-order valence-electron chi connectivity index (χ4n) is 3.46. The second-order valence-corrected chi connectivity index (χ2v) is 7.12. The zero-order valence-electron chi connectivity index (χ0n) is 14.1. The van der Waals surface area contributed by atoms with Crippen molar-refractivity contribution in [2.75, 3.05) is 37.6 Å². The standard InChI is InChI=1S/C18H24ClN3O2/c1-14-11-22(16-7-5-15(19)6-8-16)18(24)13-21(14)17(23)12-20-9-3-2-4-10-20/h5-8,14H,2-4,9-13H2,1H3/t14-/m1/s1. The third-order valence-electron chi connectivity index (χ3n) is 4.85. The summed E-state index contributed by atoms with van der Waals surface area (Å²) in [7, 11) is 0. The molecule has 0 aromatic heterocycles. The minimum atomic E-state index is -0.0394. The number of piperidine rings is 1. The van der Waals surface area contributed by atoms with E-state index in [9.17, 15) is 9.59 Å². The summed E-state index contributed by atoms with van der Waals surface area (Å²) in [4.78, 5) is 30.8. The molecule has 0 aliphatic carbocycles. The Morgan fingerprint density at radius 2 is 1.83 bits per heavy atom. The third kappa shape index (κ3) is 3.90. The first-order valence-corrected chi connectivity index (χ1v) is 9.00. The normalized spacial score (nSPS) is 22.8. The van der Waals surface area contributed by atoms with Gasteiger partial charge in [0.05, 0.1) is 6.54 Å². The van der Waals surface area contributed by atoms with Crippen LogP contribution in [0.4, 0.5) is 5.69 Å². The zero-order chi connectivity index (χ0) is 17.1. The second-order valence-electron chi connectivity index (χ2n) is 6.69. The highest BCUT2D eigenvalue weighted by Gasteiger charge is 2.33. The first-order chi connectivity index (χ1) is 11.5. The Morgan fingerprint density at radius 3 is 2.50 bits per heavy atom. The van der Waals surface area contributed by atoms with Crippen molar-refractivity contribution in [1.82, 2.24) is 9.80 Å². The molecular formula is C18H24ClN3O2. The van der Waals surface area contributed by atoms with Gasteiger partial charge in [-0.05, 0) is 57.1 Å². The highest BCUT2D eigenvalue weighted by atomic mass is 35.5. The van der Waals surface area contributed by atoms with E-state index in [1.165, 1.54) is 6.42 Å². The lowest BCUT2D eigenvalue weighted by Crippen LogP contribution is -2.58. The fraction of sp³-hybridized carbons (Fsp3) is 0.556. The Hall–Kier alpha value is -1.59. The molecule has 24 heavy (non-hydrogen) atoms. The molecule has 1 aromatic rings. The molecule has 2 heterocycles. The summed E-state index contributed by atoms with van der Waals surface area (Å²) in [6.45, 7) is 5.07. The van der Waals surface area contributed by atoms with Gasteiger partial charge in [0.2, 0.25) is 11.8 Å². The molecule has 0 bridgehead atoms. The van der Waals surface area contributed by atoms with Gasteiger partial charge in [-0.2, -0.15) is 0 Å². The summed E-state index contributed by atoms with van der Waals surface area (Å²) in [5.41, 5.74) is 0.833. The van der Waals surface area contributed by atoms with E-state index in [-0.39, 0.29) is 24.4 Å². The summed E-state index contributed by atoms with van der Waals surface area (Å²) in [5.74, 6) is 0.0240. The van der Waals surface area contributed by atoms with Gasteiger partial charge in [-0.3, -0.25) is 14.5 Å². The maximum absolute atomic E-state index is 12.6. The summed E-state index contributed by atoms with van der Waals surface area (Å²) in [6, 6.07) is 7.26. The van der Waals surface area contributed by atoms with Crippen molar-refractivity contribution in [1.29, 1.82) is 0 Å². The molecule has 2 aliphatic rings. The lowest BCUT2D eigenvalue weighted by atomic mass is 10.1. The van der Waals surface area contributed by atoms with Crippen LogP contribution in [0.2, 0.25) is 5.02 Å². The number of carbonyl (C=O) groups excluding carboxylic acids is 2. The van der Waals surface area contributed by atoms with Crippen LogP contribution in [0.25, 0.3) is 0 Å². The van der Waals surface area contributed by atoms with Crippen molar-refractivity contribution in [3.63, 3.8) is 0 Å². The minimum absolute atomic E-state index is 0.00988. The number of hydrogen-bond acceptors (Lipinski definition) is 3. The van der Waals surface area contributed by atoms with Crippen molar-refractivity contribution in [3.05, 3.63) is 29.3 Å². The van der Waals surface area contributed by atoms with Crippen LogP contribution in [0, 0.1) is 0 Å². The Balaban J connectivity index is 1.63. The average molecular weight is 350 g/mol. The molecule has 6 heteroatoms. The molecule has 0 unspecified atom stereocenters. The van der Waals surface area contributed by atoms with Crippen LogP contribution >= 0.6 is 11.6 Å². The SMILES string of the molecule is C[C@@H]1CN(c2ccc(Cl)cc2)C(=O)CN1C(=O)CN1CCCCC1. The number of nitrogens with zero attached hydrogens (tertiary/aromatic N) is 3. The van der Waals surface area contributed by atoms with Crippen LogP contribution in [-0.4, -0.2) is 60.4 Å². The lowest BCUT2D eigenvalue weighted by molar-refractivity contribution is -0.140. The molecule has 2 fully saturated rings. The number of halogens is 1. The molecule has 1 aromatic carbocycles. The van der Waals surface area contributed by atoms with Gasteiger partial charge in [0.1, 0.15) is 6.54 Å². The van der Waals surface area contributed by atoms with E-state index in [0.29, 0.717) is 18.1 Å². The van der Waals surface area contributed by atoms with E-state index < -0.39 is 0 Å². The Bertz CT molecular complexity index is 599. The maximum Gasteiger partial charge on any atom is 0.246 e. The van der Waals surface area contributed by atoms with Gasteiger partial charge >= 0.3 is 0 Å². The van der Waals surface area contributed by atoms with Crippen LogP contribution in [0.5, 0.6) is 0 Å². The molecule has 0 radical (unpaired) electrons. The molecule has 3 rings (SSSR count). The van der Waals surface area contributed by atoms with Crippen LogP contribution < -0.4 is 4.90 Å². The van der Waals surface area contributed by atoms with Crippen LogP contribution in [-0.2, 0) is 9.59 Å². The van der Waals surface area contributed by atoms with Crippen molar-refractivity contribution < 1.29 is 9.59 Å². The number of carbonyl (C=O) groups is 2. The first kappa shape index (κ1) is 17.2. The van der Waals surface area contributed by atoms with Gasteiger partial charge < -0.3 is 9.80 Å². The highest BCUT2D eigenvalue weighted by Crippen LogP contribution is 2.22. The third-order valence-corrected chi connectivity index (χ3v) is 5.10. The maximum atomic E-state index is 12.6. The highest BCUT2D eigenvalue weighted by molar-refractivity contribution is 6.30. The van der Waals surface area contributed by atoms with E-state index in [1.807, 2.05) is 19.1 Å². The number of amides is 2. The Morgan fingerprint density at radius 1 is 1.17 bits per heavy atom. The number of benzene rings is 1. The summed E-state index contributed by atoms with van der Waals surface area (Å²) in [5, 5.41) is 0.648. The number of anilines is 1. The summed E-state index contributed by atoms with van der Waals surface area (Å²) >= 11 is 5.91. The van der Waals surface area contributed by atoms with E-state index in [4.69, 9.17) is 11.6 Å². The summed E-state index contributed by atoms with van der Waals surface area (Å²) < 4.78 is 0. The Labute approximate surface area is 148 Å². The quantitative estimate of drug-likeness (QED) is 0.841. The molecule has 2 amide bonds. The zero-order valence-corrected chi connectivity index (χ0v) is 14.8. The van der Waals surface area contributed by atoms with Crippen LogP contribution in [0.3, 0.4) is 0 Å². The monoisotopic (exact) mass is 349 g/mol. The van der Waals surface area contributed by atoms with Gasteiger partial charge in [-0.1, -0.05) is 18.0 Å². The van der Waals surface area contributed by atoms with Crippen molar-refractivity contribution in [2.24, 2.45) is 0 Å². The number of likely N-dealkylation sites (tertiary alicyclic amines) is 1. The van der Waals surface area contributed by atoms with E-state index in [0.717, 1.165) is 31.6 Å². The molecular weight excluding hydrogens is 326 g/mol. The number of rotatable bonds is 3. The van der Waals surface area contributed by atoms with Gasteiger partial charge in [0, 0.05) is 23.3 Å². The summed E-state index contributed by atoms with van der Waals surface area (Å²) in [6.07, 6.45) is 3.57. The molecule has 0 saturated carbocycles. The molecule has 1 atom stereocenters. The minimum Gasteiger partial charge on any atom is -0.328 e. The molecule has 0 spiro atoms. The van der Waals surface area contributed by atoms with E-state index in [2.05, 4.69) is 4.90 Å².